The molecule has 6 heteroatoms. The molecule has 6 nitrogen and oxygen atoms in total. The molecule has 0 saturated heterocycles. The number of nitrogens with one attached hydrogen (secondary N) is 1. The summed E-state index contributed by atoms with van der Waals surface area (Å²) in [6.45, 7) is 0. The molecule has 1 aliphatic heterocycles. The molecular weight excluding hydrogens is 378 g/mol. The minimum atomic E-state index is -0.947. The number of amides is 1. The zero-order valence-corrected chi connectivity index (χ0v) is 15.9. The maximum Gasteiger partial charge on any atom is 0.305 e. The number of hydrogen-bond donors (Lipinski definition) is 2. The van der Waals surface area contributed by atoms with Crippen LogP contribution < -0.4 is 5.32 Å². The molecular formula is C24H17N3O3. The normalized spacial score (nSPS) is 15.1. The lowest BCUT2D eigenvalue weighted by atomic mass is 9.94. The lowest BCUT2D eigenvalue weighted by Gasteiger charge is -2.12. The third-order valence-electron chi connectivity index (χ3n) is 5.42. The number of carboxylic acids is 1. The molecule has 0 saturated carbocycles. The lowest BCUT2D eigenvalue weighted by Crippen LogP contribution is -2.21. The number of aromatic nitrogens is 2. The summed E-state index contributed by atoms with van der Waals surface area (Å²) in [6, 6.07) is 17.0. The summed E-state index contributed by atoms with van der Waals surface area (Å²) >= 11 is 0. The lowest BCUT2D eigenvalue weighted by molar-refractivity contribution is -0.137. The van der Waals surface area contributed by atoms with Crippen LogP contribution in [0.3, 0.4) is 0 Å². The number of hydrogen-bond acceptors (Lipinski definition) is 4. The first-order chi connectivity index (χ1) is 14.6. The van der Waals surface area contributed by atoms with Crippen LogP contribution in [0.4, 0.5) is 0 Å². The quantitative estimate of drug-likeness (QED) is 0.540. The molecule has 1 amide bonds. The van der Waals surface area contributed by atoms with Gasteiger partial charge < -0.3 is 10.4 Å². The van der Waals surface area contributed by atoms with E-state index >= 15 is 0 Å². The molecule has 1 unspecified atom stereocenters. The Hall–Kier alpha value is -4.06. The smallest absolute Gasteiger partial charge is 0.305 e. The molecule has 0 bridgehead atoms. The van der Waals surface area contributed by atoms with Gasteiger partial charge in [-0.2, -0.15) is 0 Å². The molecule has 2 aromatic heterocycles. The maximum atomic E-state index is 12.2. The second-order valence-electron chi connectivity index (χ2n) is 7.25. The molecule has 2 aromatic carbocycles. The summed E-state index contributed by atoms with van der Waals surface area (Å²) in [7, 11) is 0. The van der Waals surface area contributed by atoms with Crippen molar-refractivity contribution in [3.63, 3.8) is 0 Å². The van der Waals surface area contributed by atoms with Gasteiger partial charge in [0.05, 0.1) is 18.0 Å². The number of aliphatic carboxylic acids is 1. The summed E-state index contributed by atoms with van der Waals surface area (Å²) in [5.74, 6) is -1.18. The van der Waals surface area contributed by atoms with Crippen LogP contribution in [0.1, 0.15) is 28.4 Å². The molecule has 4 aromatic rings. The fourth-order valence-corrected chi connectivity index (χ4v) is 4.00. The maximum absolute atomic E-state index is 12.2. The van der Waals surface area contributed by atoms with Gasteiger partial charge in [-0.25, -0.2) is 0 Å². The Morgan fingerprint density at radius 3 is 2.47 bits per heavy atom. The zero-order chi connectivity index (χ0) is 20.7. The summed E-state index contributed by atoms with van der Waals surface area (Å²) in [5, 5.41) is 12.9. The van der Waals surface area contributed by atoms with E-state index in [1.807, 2.05) is 42.5 Å². The average molecular weight is 395 g/mol. The topological polar surface area (TPSA) is 92.2 Å². The summed E-state index contributed by atoms with van der Waals surface area (Å²) in [5.41, 5.74) is 6.15. The number of nitrogens with zero attached hydrogens (tertiary/aromatic N) is 2. The van der Waals surface area contributed by atoms with Gasteiger partial charge >= 0.3 is 5.97 Å². The Kier molecular flexibility index (Phi) is 4.25. The fourth-order valence-electron chi connectivity index (χ4n) is 4.00. The van der Waals surface area contributed by atoms with Gasteiger partial charge in [0.15, 0.2) is 0 Å². The SMILES string of the molecule is O=C(O)CC1NC(=O)c2ccc(-c3ccc4nccc(-c5ccncc5)c4c3)cc21. The number of pyridine rings is 2. The van der Waals surface area contributed by atoms with E-state index in [4.69, 9.17) is 5.11 Å². The predicted octanol–water partition coefficient (Wildman–Crippen LogP) is 4.22. The Labute approximate surface area is 172 Å². The first-order valence-electron chi connectivity index (χ1n) is 9.56. The van der Waals surface area contributed by atoms with Gasteiger partial charge in [0.25, 0.3) is 5.91 Å². The highest BCUT2D eigenvalue weighted by Gasteiger charge is 2.30. The standard InChI is InChI=1S/C24H17N3O3/c28-23(29)13-22-20-12-15(1-3-18(20)24(30)27-22)16-2-4-21-19(11-16)17(7-10-26-21)14-5-8-25-9-6-14/h1-12,22H,13H2,(H,27,30)(H,28,29). The van der Waals surface area contributed by atoms with E-state index in [1.54, 1.807) is 24.7 Å². The van der Waals surface area contributed by atoms with Gasteiger partial charge in [-0.15, -0.1) is 0 Å². The van der Waals surface area contributed by atoms with Gasteiger partial charge in [-0.05, 0) is 70.3 Å². The number of carbonyl (C=O) groups excluding carboxylic acids is 1. The monoisotopic (exact) mass is 395 g/mol. The molecule has 146 valence electrons. The first-order valence-corrected chi connectivity index (χ1v) is 9.56. The van der Waals surface area contributed by atoms with Crippen LogP contribution in [0.2, 0.25) is 0 Å². The molecule has 0 radical (unpaired) electrons. The van der Waals surface area contributed by atoms with E-state index in [-0.39, 0.29) is 12.3 Å². The van der Waals surface area contributed by atoms with E-state index in [1.165, 1.54) is 0 Å². The number of carbonyl (C=O) groups is 2. The van der Waals surface area contributed by atoms with E-state index in [0.29, 0.717) is 5.56 Å². The summed E-state index contributed by atoms with van der Waals surface area (Å²) in [4.78, 5) is 31.9. The van der Waals surface area contributed by atoms with E-state index < -0.39 is 12.0 Å². The molecule has 0 aliphatic carbocycles. The van der Waals surface area contributed by atoms with E-state index in [2.05, 4.69) is 21.4 Å². The molecule has 1 aliphatic rings. The Morgan fingerprint density at radius 2 is 1.67 bits per heavy atom. The Balaban J connectivity index is 1.62. The molecule has 30 heavy (non-hydrogen) atoms. The molecule has 0 spiro atoms. The van der Waals surface area contributed by atoms with Crippen molar-refractivity contribution in [1.29, 1.82) is 0 Å². The highest BCUT2D eigenvalue weighted by molar-refractivity contribution is 6.01. The van der Waals surface area contributed by atoms with Crippen LogP contribution in [0, 0.1) is 0 Å². The van der Waals surface area contributed by atoms with Gasteiger partial charge in [0.2, 0.25) is 0 Å². The summed E-state index contributed by atoms with van der Waals surface area (Å²) < 4.78 is 0. The molecule has 0 fully saturated rings. The van der Waals surface area contributed by atoms with Gasteiger partial charge in [-0.3, -0.25) is 19.6 Å². The van der Waals surface area contributed by atoms with Crippen molar-refractivity contribution in [2.45, 2.75) is 12.5 Å². The van der Waals surface area contributed by atoms with Gasteiger partial charge in [-0.1, -0.05) is 12.1 Å². The van der Waals surface area contributed by atoms with Gasteiger partial charge in [0, 0.05) is 29.5 Å². The zero-order valence-electron chi connectivity index (χ0n) is 15.9. The first kappa shape index (κ1) is 18.0. The second-order valence-corrected chi connectivity index (χ2v) is 7.25. The fraction of sp³-hybridized carbons (Fsp3) is 0.0833. The van der Waals surface area contributed by atoms with Crippen molar-refractivity contribution in [2.75, 3.05) is 0 Å². The Morgan fingerprint density at radius 1 is 0.900 bits per heavy atom. The largest absolute Gasteiger partial charge is 0.481 e. The van der Waals surface area contributed by atoms with Crippen LogP contribution >= 0.6 is 0 Å². The van der Waals surface area contributed by atoms with Crippen LogP contribution in [-0.4, -0.2) is 27.0 Å². The number of rotatable bonds is 4. The predicted molar refractivity (Wildman–Crippen MR) is 113 cm³/mol. The highest BCUT2D eigenvalue weighted by Crippen LogP contribution is 2.35. The second kappa shape index (κ2) is 7.08. The van der Waals surface area contributed by atoms with E-state index in [9.17, 15) is 9.59 Å². The molecule has 2 N–H and O–H groups in total. The third-order valence-corrected chi connectivity index (χ3v) is 5.42. The average Bonchev–Trinajstić information content (AvgIpc) is 3.07. The van der Waals surface area contributed by atoms with Crippen LogP contribution in [-0.2, 0) is 4.79 Å². The van der Waals surface area contributed by atoms with Crippen LogP contribution in [0.15, 0.2) is 73.2 Å². The van der Waals surface area contributed by atoms with Gasteiger partial charge in [0.1, 0.15) is 0 Å². The highest BCUT2D eigenvalue weighted by atomic mass is 16.4. The third kappa shape index (κ3) is 3.08. The van der Waals surface area contributed by atoms with Crippen molar-refractivity contribution < 1.29 is 14.7 Å². The van der Waals surface area contributed by atoms with Crippen molar-refractivity contribution >= 4 is 22.8 Å². The van der Waals surface area contributed by atoms with Crippen molar-refractivity contribution in [1.82, 2.24) is 15.3 Å². The van der Waals surface area contributed by atoms with Crippen molar-refractivity contribution in [3.05, 3.63) is 84.3 Å². The summed E-state index contributed by atoms with van der Waals surface area (Å²) in [6.07, 6.45) is 5.17. The van der Waals surface area contributed by atoms with Crippen molar-refractivity contribution in [3.8, 4) is 22.3 Å². The van der Waals surface area contributed by atoms with E-state index in [0.717, 1.165) is 38.7 Å². The van der Waals surface area contributed by atoms with Crippen LogP contribution in [0.25, 0.3) is 33.2 Å². The van der Waals surface area contributed by atoms with Crippen LogP contribution in [0.5, 0.6) is 0 Å². The Bertz CT molecular complexity index is 1300. The van der Waals surface area contributed by atoms with Crippen molar-refractivity contribution in [2.24, 2.45) is 0 Å². The minimum absolute atomic E-state index is 0.143. The minimum Gasteiger partial charge on any atom is -0.481 e. The number of carboxylic acid groups (broad SMARTS) is 1. The molecule has 1 atom stereocenters. The molecule has 5 rings (SSSR count). The number of benzene rings is 2. The number of fused-ring (bicyclic) bond motifs is 2. The molecule has 3 heterocycles.